The fourth-order valence-corrected chi connectivity index (χ4v) is 3.35. The molecule has 1 saturated heterocycles. The molecule has 1 aliphatic heterocycles. The van der Waals surface area contributed by atoms with E-state index in [1.807, 2.05) is 30.2 Å². The van der Waals surface area contributed by atoms with Crippen LogP contribution in [0.3, 0.4) is 0 Å². The lowest BCUT2D eigenvalue weighted by atomic mass is 9.90. The molecule has 0 aromatic carbocycles. The zero-order chi connectivity index (χ0) is 17.9. The molecule has 1 amide bonds. The summed E-state index contributed by atoms with van der Waals surface area (Å²) in [6.45, 7) is 3.92. The molecule has 1 fully saturated rings. The maximum atomic E-state index is 12.7. The van der Waals surface area contributed by atoms with Crippen molar-refractivity contribution in [2.24, 2.45) is 0 Å². The number of rotatable bonds is 4. The molecule has 0 N–H and O–H groups in total. The van der Waals surface area contributed by atoms with Crippen LogP contribution in [-0.4, -0.2) is 43.9 Å². The number of carbonyl (C=O) groups is 1. The maximum absolute atomic E-state index is 12.7. The molecule has 0 aliphatic carbocycles. The van der Waals surface area contributed by atoms with E-state index in [-0.39, 0.29) is 5.91 Å². The number of likely N-dealkylation sites (tertiary alicyclic amines) is 1. The monoisotopic (exact) mass is 351 g/mol. The molecule has 7 nitrogen and oxygen atoms in total. The Hall–Kier alpha value is -2.96. The van der Waals surface area contributed by atoms with Crippen LogP contribution in [0, 0.1) is 6.92 Å². The third-order valence-electron chi connectivity index (χ3n) is 4.85. The Kier molecular flexibility index (Phi) is 4.51. The Bertz CT molecular complexity index is 862. The highest BCUT2D eigenvalue weighted by Crippen LogP contribution is 2.28. The van der Waals surface area contributed by atoms with E-state index < -0.39 is 0 Å². The van der Waals surface area contributed by atoms with Gasteiger partial charge < -0.3 is 9.32 Å². The molecule has 0 bridgehead atoms. The molecule has 0 spiro atoms. The highest BCUT2D eigenvalue weighted by atomic mass is 16.4. The molecule has 26 heavy (non-hydrogen) atoms. The molecular weight excluding hydrogens is 330 g/mol. The average molecular weight is 351 g/mol. The number of pyridine rings is 1. The number of piperidine rings is 1. The molecule has 4 rings (SSSR count). The largest absolute Gasteiger partial charge is 0.454 e. The smallest absolute Gasteiger partial charge is 0.289 e. The van der Waals surface area contributed by atoms with Gasteiger partial charge in [-0.25, -0.2) is 4.68 Å². The van der Waals surface area contributed by atoms with Crippen LogP contribution in [0.25, 0.3) is 0 Å². The SMILES string of the molecule is Cc1ccc(C2CCN(C(=O)c3ccc(Cn4ccnn4)o3)CC2)cn1. The van der Waals surface area contributed by atoms with Gasteiger partial charge in [0.05, 0.1) is 6.20 Å². The van der Waals surface area contributed by atoms with Crippen molar-refractivity contribution < 1.29 is 9.21 Å². The molecule has 3 aromatic heterocycles. The van der Waals surface area contributed by atoms with Crippen molar-refractivity contribution in [1.82, 2.24) is 24.9 Å². The zero-order valence-electron chi connectivity index (χ0n) is 14.7. The Morgan fingerprint density at radius 2 is 2.08 bits per heavy atom. The van der Waals surface area contributed by atoms with Crippen LogP contribution in [0.1, 0.15) is 46.3 Å². The minimum Gasteiger partial charge on any atom is -0.454 e. The minimum absolute atomic E-state index is 0.0460. The molecular formula is C19H21N5O2. The van der Waals surface area contributed by atoms with Crippen molar-refractivity contribution >= 4 is 5.91 Å². The summed E-state index contributed by atoms with van der Waals surface area (Å²) < 4.78 is 7.37. The molecule has 1 aliphatic rings. The number of furan rings is 1. The number of hydrogen-bond acceptors (Lipinski definition) is 5. The molecule has 0 atom stereocenters. The first-order valence-corrected chi connectivity index (χ1v) is 8.83. The summed E-state index contributed by atoms with van der Waals surface area (Å²) in [5.74, 6) is 1.50. The quantitative estimate of drug-likeness (QED) is 0.722. The van der Waals surface area contributed by atoms with Crippen molar-refractivity contribution in [2.45, 2.75) is 32.2 Å². The number of aryl methyl sites for hydroxylation is 1. The van der Waals surface area contributed by atoms with Gasteiger partial charge in [-0.15, -0.1) is 5.10 Å². The van der Waals surface area contributed by atoms with Gasteiger partial charge in [-0.05, 0) is 49.4 Å². The Balaban J connectivity index is 1.36. The predicted octanol–water partition coefficient (Wildman–Crippen LogP) is 2.64. The molecule has 0 saturated carbocycles. The van der Waals surface area contributed by atoms with E-state index in [0.717, 1.165) is 31.6 Å². The van der Waals surface area contributed by atoms with E-state index in [4.69, 9.17) is 4.42 Å². The Labute approximate surface area is 151 Å². The number of hydrogen-bond donors (Lipinski definition) is 0. The van der Waals surface area contributed by atoms with Gasteiger partial charge in [-0.3, -0.25) is 9.78 Å². The lowest BCUT2D eigenvalue weighted by Crippen LogP contribution is -2.37. The summed E-state index contributed by atoms with van der Waals surface area (Å²) in [4.78, 5) is 18.9. The first kappa shape index (κ1) is 16.5. The fraction of sp³-hybridized carbons (Fsp3) is 0.368. The van der Waals surface area contributed by atoms with Crippen LogP contribution in [0.5, 0.6) is 0 Å². The summed E-state index contributed by atoms with van der Waals surface area (Å²) in [6, 6.07) is 7.75. The minimum atomic E-state index is -0.0460. The van der Waals surface area contributed by atoms with Gasteiger partial charge in [0.2, 0.25) is 0 Å². The van der Waals surface area contributed by atoms with Gasteiger partial charge in [-0.1, -0.05) is 11.3 Å². The highest BCUT2D eigenvalue weighted by molar-refractivity contribution is 5.91. The number of nitrogens with zero attached hydrogens (tertiary/aromatic N) is 5. The predicted molar refractivity (Wildman–Crippen MR) is 94.7 cm³/mol. The highest BCUT2D eigenvalue weighted by Gasteiger charge is 2.26. The second kappa shape index (κ2) is 7.11. The second-order valence-corrected chi connectivity index (χ2v) is 6.67. The van der Waals surface area contributed by atoms with Gasteiger partial charge in [-0.2, -0.15) is 0 Å². The summed E-state index contributed by atoms with van der Waals surface area (Å²) in [5.41, 5.74) is 2.29. The lowest BCUT2D eigenvalue weighted by molar-refractivity contribution is 0.0678. The average Bonchev–Trinajstić information content (AvgIpc) is 3.35. The first-order chi connectivity index (χ1) is 12.7. The number of amides is 1. The maximum Gasteiger partial charge on any atom is 0.289 e. The van der Waals surface area contributed by atoms with Gasteiger partial charge in [0.1, 0.15) is 12.3 Å². The zero-order valence-corrected chi connectivity index (χ0v) is 14.7. The van der Waals surface area contributed by atoms with Gasteiger partial charge in [0.15, 0.2) is 5.76 Å². The van der Waals surface area contributed by atoms with Crippen LogP contribution in [-0.2, 0) is 6.54 Å². The van der Waals surface area contributed by atoms with Gasteiger partial charge in [0, 0.05) is 31.2 Å². The van der Waals surface area contributed by atoms with Crippen molar-refractivity contribution in [3.05, 3.63) is 65.6 Å². The second-order valence-electron chi connectivity index (χ2n) is 6.67. The lowest BCUT2D eigenvalue weighted by Gasteiger charge is -2.31. The molecule has 0 radical (unpaired) electrons. The van der Waals surface area contributed by atoms with Crippen LogP contribution in [0.4, 0.5) is 0 Å². The van der Waals surface area contributed by atoms with E-state index in [1.165, 1.54) is 5.56 Å². The van der Waals surface area contributed by atoms with Crippen LogP contribution >= 0.6 is 0 Å². The third-order valence-corrected chi connectivity index (χ3v) is 4.85. The van der Waals surface area contributed by atoms with E-state index in [0.29, 0.717) is 24.0 Å². The van der Waals surface area contributed by atoms with E-state index in [9.17, 15) is 4.79 Å². The number of carbonyl (C=O) groups excluding carboxylic acids is 1. The van der Waals surface area contributed by atoms with Gasteiger partial charge >= 0.3 is 0 Å². The molecule has 3 aromatic rings. The fourth-order valence-electron chi connectivity index (χ4n) is 3.35. The standard InChI is InChI=1S/C19H21N5O2/c1-14-2-3-16(12-20-14)15-6-9-23(10-7-15)19(25)18-5-4-17(26-18)13-24-11-8-21-22-24/h2-5,8,11-12,15H,6-7,9-10,13H2,1H3. The summed E-state index contributed by atoms with van der Waals surface area (Å²) in [7, 11) is 0. The van der Waals surface area contributed by atoms with Crippen LogP contribution in [0.15, 0.2) is 47.3 Å². The Morgan fingerprint density at radius 1 is 1.23 bits per heavy atom. The van der Waals surface area contributed by atoms with E-state index in [2.05, 4.69) is 21.4 Å². The van der Waals surface area contributed by atoms with E-state index in [1.54, 1.807) is 23.1 Å². The normalized spacial score (nSPS) is 15.3. The Morgan fingerprint density at radius 3 is 2.77 bits per heavy atom. The topological polar surface area (TPSA) is 77.0 Å². The van der Waals surface area contributed by atoms with Crippen LogP contribution < -0.4 is 0 Å². The van der Waals surface area contributed by atoms with Crippen molar-refractivity contribution in [1.29, 1.82) is 0 Å². The third kappa shape index (κ3) is 3.51. The summed E-state index contributed by atoms with van der Waals surface area (Å²) in [6.07, 6.45) is 7.23. The first-order valence-electron chi connectivity index (χ1n) is 8.83. The summed E-state index contributed by atoms with van der Waals surface area (Å²) >= 11 is 0. The van der Waals surface area contributed by atoms with Crippen LogP contribution in [0.2, 0.25) is 0 Å². The van der Waals surface area contributed by atoms with Crippen molar-refractivity contribution in [3.63, 3.8) is 0 Å². The molecule has 4 heterocycles. The summed E-state index contributed by atoms with van der Waals surface area (Å²) in [5, 5.41) is 7.67. The molecule has 0 unspecified atom stereocenters. The molecule has 7 heteroatoms. The van der Waals surface area contributed by atoms with Crippen molar-refractivity contribution in [3.8, 4) is 0 Å². The van der Waals surface area contributed by atoms with Gasteiger partial charge in [0.25, 0.3) is 5.91 Å². The number of aromatic nitrogens is 4. The van der Waals surface area contributed by atoms with Crippen molar-refractivity contribution in [2.75, 3.05) is 13.1 Å². The molecule has 134 valence electrons. The van der Waals surface area contributed by atoms with E-state index >= 15 is 0 Å².